The van der Waals surface area contributed by atoms with E-state index >= 15 is 0 Å². The molecular formula is C18H16BrNO3. The number of Topliss-reactive ketones (excluding diaryl/α,β-unsaturated/α-hetero) is 1. The standard InChI is InChI=1S/C18H16BrNO3/c19-17-10-8-16(9-11-17)18(21)12-15(13-20(22)23)7-6-14-4-2-1-3-5-14/h1-11,15H,12-13H2/b7-6+/t15-/m1/s1. The van der Waals surface area contributed by atoms with Crippen molar-refractivity contribution >= 4 is 27.8 Å². The third-order valence-electron chi connectivity index (χ3n) is 3.36. The maximum Gasteiger partial charge on any atom is 0.210 e. The first-order chi connectivity index (χ1) is 11.0. The summed E-state index contributed by atoms with van der Waals surface area (Å²) >= 11 is 3.32. The highest BCUT2D eigenvalue weighted by Gasteiger charge is 2.17. The molecule has 0 aliphatic rings. The van der Waals surface area contributed by atoms with Crippen molar-refractivity contribution in [3.05, 3.63) is 86.4 Å². The van der Waals surface area contributed by atoms with E-state index in [9.17, 15) is 14.9 Å². The number of halogens is 1. The lowest BCUT2D eigenvalue weighted by atomic mass is 9.97. The van der Waals surface area contributed by atoms with E-state index in [0.29, 0.717) is 5.56 Å². The number of hydrogen-bond acceptors (Lipinski definition) is 3. The van der Waals surface area contributed by atoms with Crippen LogP contribution in [0.15, 0.2) is 65.1 Å². The van der Waals surface area contributed by atoms with Crippen LogP contribution in [0.5, 0.6) is 0 Å². The van der Waals surface area contributed by atoms with Gasteiger partial charge in [0.2, 0.25) is 6.54 Å². The smallest absolute Gasteiger partial charge is 0.210 e. The fourth-order valence-electron chi connectivity index (χ4n) is 2.19. The maximum absolute atomic E-state index is 12.3. The summed E-state index contributed by atoms with van der Waals surface area (Å²) in [6, 6.07) is 16.5. The number of nitro groups is 1. The van der Waals surface area contributed by atoms with Gasteiger partial charge in [-0.25, -0.2) is 0 Å². The van der Waals surface area contributed by atoms with E-state index in [1.165, 1.54) is 0 Å². The topological polar surface area (TPSA) is 60.2 Å². The van der Waals surface area contributed by atoms with Crippen LogP contribution in [-0.4, -0.2) is 17.3 Å². The Morgan fingerprint density at radius 3 is 2.39 bits per heavy atom. The van der Waals surface area contributed by atoms with Crippen LogP contribution in [0, 0.1) is 16.0 Å². The molecular weight excluding hydrogens is 358 g/mol. The Morgan fingerprint density at radius 1 is 1.13 bits per heavy atom. The highest BCUT2D eigenvalue weighted by molar-refractivity contribution is 9.10. The molecule has 0 N–H and O–H groups in total. The zero-order chi connectivity index (χ0) is 16.7. The minimum Gasteiger partial charge on any atom is -0.294 e. The van der Waals surface area contributed by atoms with Crippen LogP contribution in [0.4, 0.5) is 0 Å². The van der Waals surface area contributed by atoms with Crippen molar-refractivity contribution < 1.29 is 9.72 Å². The van der Waals surface area contributed by atoms with Gasteiger partial charge < -0.3 is 0 Å². The van der Waals surface area contributed by atoms with Gasteiger partial charge in [0.25, 0.3) is 0 Å². The van der Waals surface area contributed by atoms with E-state index in [4.69, 9.17) is 0 Å². The molecule has 0 aliphatic heterocycles. The summed E-state index contributed by atoms with van der Waals surface area (Å²) in [5.74, 6) is -0.525. The van der Waals surface area contributed by atoms with Crippen LogP contribution < -0.4 is 0 Å². The first kappa shape index (κ1) is 17.1. The summed E-state index contributed by atoms with van der Waals surface area (Å²) in [6.45, 7) is -0.258. The molecule has 2 aromatic rings. The van der Waals surface area contributed by atoms with E-state index in [0.717, 1.165) is 10.0 Å². The Hall–Kier alpha value is -2.27. The van der Waals surface area contributed by atoms with Crippen molar-refractivity contribution in [1.82, 2.24) is 0 Å². The maximum atomic E-state index is 12.3. The predicted octanol–water partition coefficient (Wildman–Crippen LogP) is 4.63. The van der Waals surface area contributed by atoms with Crippen LogP contribution in [0.3, 0.4) is 0 Å². The average Bonchev–Trinajstić information content (AvgIpc) is 2.53. The van der Waals surface area contributed by atoms with Crippen molar-refractivity contribution in [1.29, 1.82) is 0 Å². The summed E-state index contributed by atoms with van der Waals surface area (Å²) in [7, 11) is 0. The number of hydrogen-bond donors (Lipinski definition) is 0. The summed E-state index contributed by atoms with van der Waals surface area (Å²) in [5, 5.41) is 10.8. The number of benzene rings is 2. The van der Waals surface area contributed by atoms with Crippen LogP contribution in [0.25, 0.3) is 6.08 Å². The molecule has 5 heteroatoms. The number of carbonyl (C=O) groups is 1. The molecule has 0 spiro atoms. The number of nitrogens with zero attached hydrogens (tertiary/aromatic N) is 1. The fraction of sp³-hybridized carbons (Fsp3) is 0.167. The molecule has 0 saturated carbocycles. The molecule has 2 aromatic carbocycles. The lowest BCUT2D eigenvalue weighted by Crippen LogP contribution is -2.16. The van der Waals surface area contributed by atoms with Crippen molar-refractivity contribution in [2.45, 2.75) is 6.42 Å². The van der Waals surface area contributed by atoms with E-state index in [1.807, 2.05) is 36.4 Å². The van der Waals surface area contributed by atoms with Gasteiger partial charge in [-0.2, -0.15) is 0 Å². The Morgan fingerprint density at radius 2 is 1.78 bits per heavy atom. The molecule has 1 atom stereocenters. The van der Waals surface area contributed by atoms with Crippen LogP contribution in [0.1, 0.15) is 22.3 Å². The van der Waals surface area contributed by atoms with Crippen molar-refractivity contribution in [2.24, 2.45) is 5.92 Å². The minimum atomic E-state index is -0.429. The van der Waals surface area contributed by atoms with Crippen molar-refractivity contribution in [3.63, 3.8) is 0 Å². The van der Waals surface area contributed by atoms with Gasteiger partial charge in [0.15, 0.2) is 5.78 Å². The van der Waals surface area contributed by atoms with Gasteiger partial charge in [-0.15, -0.1) is 0 Å². The third kappa shape index (κ3) is 5.79. The number of carbonyl (C=O) groups excluding carboxylic acids is 1. The molecule has 0 unspecified atom stereocenters. The monoisotopic (exact) mass is 373 g/mol. The summed E-state index contributed by atoms with van der Waals surface area (Å²) in [5.41, 5.74) is 1.52. The summed E-state index contributed by atoms with van der Waals surface area (Å²) < 4.78 is 0.889. The fourth-order valence-corrected chi connectivity index (χ4v) is 2.45. The van der Waals surface area contributed by atoms with Crippen molar-refractivity contribution in [2.75, 3.05) is 6.54 Å². The average molecular weight is 374 g/mol. The quantitative estimate of drug-likeness (QED) is 0.403. The molecule has 0 radical (unpaired) electrons. The first-order valence-electron chi connectivity index (χ1n) is 7.18. The van der Waals surface area contributed by atoms with Gasteiger partial charge in [0.05, 0.1) is 0 Å². The second-order valence-corrected chi connectivity index (χ2v) is 6.10. The SMILES string of the molecule is O=C(C[C@@H](/C=C/c1ccccc1)C[N+](=O)[O-])c1ccc(Br)cc1. The van der Waals surface area contributed by atoms with Crippen LogP contribution in [-0.2, 0) is 0 Å². The molecule has 0 heterocycles. The second kappa shape index (κ2) is 8.39. The Bertz CT molecular complexity index is 696. The van der Waals surface area contributed by atoms with Gasteiger partial charge in [0, 0.05) is 27.3 Å². The lowest BCUT2D eigenvalue weighted by Gasteiger charge is -2.08. The molecule has 0 aromatic heterocycles. The molecule has 0 aliphatic carbocycles. The largest absolute Gasteiger partial charge is 0.294 e. The Balaban J connectivity index is 2.09. The van der Waals surface area contributed by atoms with Gasteiger partial charge in [-0.05, 0) is 17.7 Å². The lowest BCUT2D eigenvalue weighted by molar-refractivity contribution is -0.485. The normalized spacial score (nSPS) is 12.2. The Kier molecular flexibility index (Phi) is 6.23. The van der Waals surface area contributed by atoms with Crippen molar-refractivity contribution in [3.8, 4) is 0 Å². The molecule has 4 nitrogen and oxygen atoms in total. The van der Waals surface area contributed by atoms with Crippen LogP contribution in [0.2, 0.25) is 0 Å². The number of ketones is 1. The summed E-state index contributed by atoms with van der Waals surface area (Å²) in [6.07, 6.45) is 3.68. The van der Waals surface area contributed by atoms with Crippen LogP contribution >= 0.6 is 15.9 Å². The molecule has 0 fully saturated rings. The molecule has 118 valence electrons. The van der Waals surface area contributed by atoms with Gasteiger partial charge in [-0.1, -0.05) is 70.5 Å². The van der Waals surface area contributed by atoms with Gasteiger partial charge in [-0.3, -0.25) is 14.9 Å². The van der Waals surface area contributed by atoms with E-state index in [2.05, 4.69) is 15.9 Å². The zero-order valence-electron chi connectivity index (χ0n) is 12.4. The summed E-state index contributed by atoms with van der Waals surface area (Å²) in [4.78, 5) is 22.7. The Labute approximate surface area is 143 Å². The molecule has 0 bridgehead atoms. The molecule has 2 rings (SSSR count). The molecule has 23 heavy (non-hydrogen) atoms. The highest BCUT2D eigenvalue weighted by atomic mass is 79.9. The second-order valence-electron chi connectivity index (χ2n) is 5.18. The van der Waals surface area contributed by atoms with Gasteiger partial charge in [0.1, 0.15) is 0 Å². The zero-order valence-corrected chi connectivity index (χ0v) is 14.0. The van der Waals surface area contributed by atoms with Gasteiger partial charge >= 0.3 is 0 Å². The van der Waals surface area contributed by atoms with E-state index in [1.54, 1.807) is 30.3 Å². The minimum absolute atomic E-state index is 0.0953. The number of rotatable bonds is 7. The third-order valence-corrected chi connectivity index (χ3v) is 3.89. The molecule has 0 saturated heterocycles. The van der Waals surface area contributed by atoms with E-state index in [-0.39, 0.29) is 23.7 Å². The van der Waals surface area contributed by atoms with E-state index < -0.39 is 5.92 Å². The predicted molar refractivity (Wildman–Crippen MR) is 93.9 cm³/mol. The molecule has 0 amide bonds. The first-order valence-corrected chi connectivity index (χ1v) is 7.97. The highest BCUT2D eigenvalue weighted by Crippen LogP contribution is 2.16.